The number of benzene rings is 2. The first-order valence-electron chi connectivity index (χ1n) is 11.0. The van der Waals surface area contributed by atoms with E-state index in [2.05, 4.69) is 51.3 Å². The molecule has 2 heterocycles. The number of likely N-dealkylation sites (tertiary alicyclic amines) is 1. The molecule has 1 aliphatic heterocycles. The van der Waals surface area contributed by atoms with Crippen molar-refractivity contribution in [1.29, 1.82) is 0 Å². The third-order valence-corrected chi connectivity index (χ3v) is 6.56. The molecule has 7 nitrogen and oxygen atoms in total. The Labute approximate surface area is 198 Å². The highest BCUT2D eigenvalue weighted by Crippen LogP contribution is 2.26. The van der Waals surface area contributed by atoms with E-state index in [9.17, 15) is 4.79 Å². The van der Waals surface area contributed by atoms with E-state index in [-0.39, 0.29) is 11.9 Å². The molecule has 0 aliphatic carbocycles. The Kier molecular flexibility index (Phi) is 7.80. The van der Waals surface area contributed by atoms with E-state index in [1.165, 1.54) is 17.3 Å². The van der Waals surface area contributed by atoms with E-state index >= 15 is 0 Å². The SMILES string of the molecule is C=CCn1c(SCC(=O)NC2CCN(Cc3ccccc3)C2)nnc1-c1ccc(OC)cc1. The molecule has 0 saturated carbocycles. The molecule has 0 spiro atoms. The Balaban J connectivity index is 1.31. The Hall–Kier alpha value is -3.10. The highest BCUT2D eigenvalue weighted by atomic mass is 32.2. The molecule has 4 rings (SSSR count). The van der Waals surface area contributed by atoms with Gasteiger partial charge in [0.05, 0.1) is 12.9 Å². The van der Waals surface area contributed by atoms with Crippen LogP contribution in [-0.2, 0) is 17.9 Å². The number of carbonyl (C=O) groups excluding carboxylic acids is 1. The van der Waals surface area contributed by atoms with Crippen LogP contribution in [0.25, 0.3) is 11.4 Å². The van der Waals surface area contributed by atoms with Crippen LogP contribution in [0, 0.1) is 0 Å². The average molecular weight is 464 g/mol. The lowest BCUT2D eigenvalue weighted by molar-refractivity contribution is -0.119. The van der Waals surface area contributed by atoms with Crippen LogP contribution in [0.4, 0.5) is 0 Å². The normalized spacial score (nSPS) is 16.0. The van der Waals surface area contributed by atoms with Crippen molar-refractivity contribution in [3.05, 3.63) is 72.8 Å². The Morgan fingerprint density at radius 3 is 2.73 bits per heavy atom. The number of amides is 1. The van der Waals surface area contributed by atoms with E-state index in [4.69, 9.17) is 4.74 Å². The summed E-state index contributed by atoms with van der Waals surface area (Å²) in [6.07, 6.45) is 2.78. The monoisotopic (exact) mass is 463 g/mol. The molecule has 1 saturated heterocycles. The third-order valence-electron chi connectivity index (χ3n) is 5.60. The van der Waals surface area contributed by atoms with Crippen LogP contribution in [0.3, 0.4) is 0 Å². The van der Waals surface area contributed by atoms with Gasteiger partial charge in [0, 0.05) is 37.8 Å². The minimum Gasteiger partial charge on any atom is -0.497 e. The predicted octanol–water partition coefficient (Wildman–Crippen LogP) is 3.62. The summed E-state index contributed by atoms with van der Waals surface area (Å²) in [5, 5.41) is 12.6. The number of aromatic nitrogens is 3. The fourth-order valence-electron chi connectivity index (χ4n) is 3.98. The maximum atomic E-state index is 12.6. The number of methoxy groups -OCH3 is 1. The van der Waals surface area contributed by atoms with Gasteiger partial charge < -0.3 is 10.1 Å². The van der Waals surface area contributed by atoms with E-state index < -0.39 is 0 Å². The quantitative estimate of drug-likeness (QED) is 0.366. The second kappa shape index (κ2) is 11.2. The average Bonchev–Trinajstić information content (AvgIpc) is 3.45. The molecule has 1 N–H and O–H groups in total. The zero-order valence-electron chi connectivity index (χ0n) is 18.8. The summed E-state index contributed by atoms with van der Waals surface area (Å²) >= 11 is 1.40. The van der Waals surface area contributed by atoms with Gasteiger partial charge in [0.1, 0.15) is 5.75 Å². The summed E-state index contributed by atoms with van der Waals surface area (Å²) in [4.78, 5) is 15.0. The van der Waals surface area contributed by atoms with Gasteiger partial charge in [-0.15, -0.1) is 16.8 Å². The van der Waals surface area contributed by atoms with Crippen molar-refractivity contribution in [2.45, 2.75) is 30.7 Å². The number of allylic oxidation sites excluding steroid dienone is 1. The van der Waals surface area contributed by atoms with Crippen molar-refractivity contribution < 1.29 is 9.53 Å². The standard InChI is InChI=1S/C25H29N5O2S/c1-3-14-30-24(20-9-11-22(32-2)12-10-20)27-28-25(30)33-18-23(31)26-21-13-15-29(17-21)16-19-7-5-4-6-8-19/h3-12,21H,1,13-18H2,2H3,(H,26,31). The van der Waals surface area contributed by atoms with Crippen LogP contribution in [0.15, 0.2) is 72.4 Å². The topological polar surface area (TPSA) is 72.3 Å². The number of nitrogens with one attached hydrogen (secondary N) is 1. The van der Waals surface area contributed by atoms with Gasteiger partial charge in [-0.3, -0.25) is 14.3 Å². The third kappa shape index (κ3) is 6.03. The highest BCUT2D eigenvalue weighted by Gasteiger charge is 2.24. The van der Waals surface area contributed by atoms with Crippen LogP contribution in [0.5, 0.6) is 5.75 Å². The first-order valence-corrected chi connectivity index (χ1v) is 12.0. The molecule has 0 radical (unpaired) electrons. The molecular weight excluding hydrogens is 434 g/mol. The number of hydrogen-bond donors (Lipinski definition) is 1. The van der Waals surface area contributed by atoms with Crippen LogP contribution in [0.1, 0.15) is 12.0 Å². The van der Waals surface area contributed by atoms with Crippen molar-refractivity contribution in [1.82, 2.24) is 25.0 Å². The van der Waals surface area contributed by atoms with Crippen molar-refractivity contribution in [2.24, 2.45) is 0 Å². The fraction of sp³-hybridized carbons (Fsp3) is 0.320. The van der Waals surface area contributed by atoms with Gasteiger partial charge in [-0.05, 0) is 36.2 Å². The second-order valence-corrected chi connectivity index (χ2v) is 8.94. The molecule has 1 atom stereocenters. The summed E-state index contributed by atoms with van der Waals surface area (Å²) in [6.45, 7) is 7.20. The lowest BCUT2D eigenvalue weighted by Crippen LogP contribution is -2.38. The molecule has 1 unspecified atom stereocenters. The lowest BCUT2D eigenvalue weighted by Gasteiger charge is -2.16. The molecule has 3 aromatic rings. The van der Waals surface area contributed by atoms with Crippen molar-refractivity contribution in [3.8, 4) is 17.1 Å². The van der Waals surface area contributed by atoms with E-state index in [0.717, 1.165) is 43.2 Å². The molecule has 8 heteroatoms. The van der Waals surface area contributed by atoms with Crippen LogP contribution < -0.4 is 10.1 Å². The smallest absolute Gasteiger partial charge is 0.230 e. The van der Waals surface area contributed by atoms with E-state index in [1.807, 2.05) is 34.9 Å². The molecule has 172 valence electrons. The molecular formula is C25H29N5O2S. The van der Waals surface area contributed by atoms with Gasteiger partial charge in [0.25, 0.3) is 0 Å². The summed E-state index contributed by atoms with van der Waals surface area (Å²) in [5.41, 5.74) is 2.24. The largest absolute Gasteiger partial charge is 0.497 e. The molecule has 1 aromatic heterocycles. The molecule has 1 fully saturated rings. The van der Waals surface area contributed by atoms with Gasteiger partial charge in [-0.25, -0.2) is 0 Å². The number of rotatable bonds is 10. The first-order chi connectivity index (χ1) is 16.2. The summed E-state index contributed by atoms with van der Waals surface area (Å²) in [5.74, 6) is 1.85. The summed E-state index contributed by atoms with van der Waals surface area (Å²) < 4.78 is 7.21. The van der Waals surface area contributed by atoms with Crippen LogP contribution in [0.2, 0.25) is 0 Å². The van der Waals surface area contributed by atoms with Gasteiger partial charge in [0.2, 0.25) is 5.91 Å². The summed E-state index contributed by atoms with van der Waals surface area (Å²) in [6, 6.07) is 18.3. The zero-order chi connectivity index (χ0) is 23.0. The number of ether oxygens (including phenoxy) is 1. The van der Waals surface area contributed by atoms with Crippen molar-refractivity contribution >= 4 is 17.7 Å². The van der Waals surface area contributed by atoms with E-state index in [1.54, 1.807) is 13.2 Å². The van der Waals surface area contributed by atoms with Gasteiger partial charge in [-0.1, -0.05) is 48.2 Å². The van der Waals surface area contributed by atoms with Crippen molar-refractivity contribution in [2.75, 3.05) is 26.0 Å². The number of thioether (sulfide) groups is 1. The highest BCUT2D eigenvalue weighted by molar-refractivity contribution is 7.99. The predicted molar refractivity (Wildman–Crippen MR) is 131 cm³/mol. The minimum absolute atomic E-state index is 0.0192. The van der Waals surface area contributed by atoms with Crippen LogP contribution in [-0.4, -0.2) is 57.6 Å². The number of nitrogens with zero attached hydrogens (tertiary/aromatic N) is 4. The van der Waals surface area contributed by atoms with Gasteiger partial charge >= 0.3 is 0 Å². The maximum Gasteiger partial charge on any atom is 0.230 e. The Morgan fingerprint density at radius 1 is 1.21 bits per heavy atom. The fourth-order valence-corrected chi connectivity index (χ4v) is 4.74. The number of hydrogen-bond acceptors (Lipinski definition) is 6. The number of carbonyl (C=O) groups is 1. The molecule has 1 amide bonds. The molecule has 1 aliphatic rings. The molecule has 2 aromatic carbocycles. The lowest BCUT2D eigenvalue weighted by atomic mass is 10.2. The molecule has 0 bridgehead atoms. The Morgan fingerprint density at radius 2 is 2.00 bits per heavy atom. The van der Waals surface area contributed by atoms with Crippen LogP contribution >= 0.6 is 11.8 Å². The molecule has 33 heavy (non-hydrogen) atoms. The first kappa shape index (κ1) is 23.1. The van der Waals surface area contributed by atoms with Gasteiger partial charge in [-0.2, -0.15) is 0 Å². The van der Waals surface area contributed by atoms with Gasteiger partial charge in [0.15, 0.2) is 11.0 Å². The van der Waals surface area contributed by atoms with E-state index in [0.29, 0.717) is 17.5 Å². The Bertz CT molecular complexity index is 1070. The summed E-state index contributed by atoms with van der Waals surface area (Å²) in [7, 11) is 1.64. The maximum absolute atomic E-state index is 12.6. The minimum atomic E-state index is 0.0192. The second-order valence-electron chi connectivity index (χ2n) is 8.00. The zero-order valence-corrected chi connectivity index (χ0v) is 19.6. The van der Waals surface area contributed by atoms with Crippen molar-refractivity contribution in [3.63, 3.8) is 0 Å².